The molecule has 15 heavy (non-hydrogen) atoms. The van der Waals surface area contributed by atoms with Gasteiger partial charge >= 0.3 is 0 Å². The molecule has 1 aliphatic carbocycles. The van der Waals surface area contributed by atoms with Gasteiger partial charge in [-0.25, -0.2) is 0 Å². The summed E-state index contributed by atoms with van der Waals surface area (Å²) in [5, 5.41) is 3.59. The minimum absolute atomic E-state index is 0.645. The van der Waals surface area contributed by atoms with Gasteiger partial charge in [0.25, 0.3) is 0 Å². The molecule has 0 saturated heterocycles. The molecule has 1 aromatic rings. The van der Waals surface area contributed by atoms with E-state index in [0.717, 1.165) is 13.0 Å². The molecule has 1 N–H and O–H groups in total. The van der Waals surface area contributed by atoms with E-state index in [1.54, 1.807) is 0 Å². The molecule has 0 radical (unpaired) electrons. The first-order chi connectivity index (χ1) is 7.31. The lowest BCUT2D eigenvalue weighted by molar-refractivity contribution is 0.452. The Labute approximate surface area is 92.1 Å². The molecule has 0 spiro atoms. The van der Waals surface area contributed by atoms with Crippen LogP contribution in [0.1, 0.15) is 36.6 Å². The summed E-state index contributed by atoms with van der Waals surface area (Å²) in [5.41, 5.74) is 4.22. The summed E-state index contributed by atoms with van der Waals surface area (Å²) in [4.78, 5) is 4.50. The van der Waals surface area contributed by atoms with Crippen LogP contribution in [0, 0.1) is 6.92 Å². The van der Waals surface area contributed by atoms with E-state index in [0.29, 0.717) is 6.04 Å². The summed E-state index contributed by atoms with van der Waals surface area (Å²) >= 11 is 0. The van der Waals surface area contributed by atoms with Gasteiger partial charge in [-0.2, -0.15) is 0 Å². The molecule has 0 amide bonds. The second-order valence-corrected chi connectivity index (χ2v) is 4.45. The molecule has 0 bridgehead atoms. The summed E-state index contributed by atoms with van der Waals surface area (Å²) in [7, 11) is 0. The van der Waals surface area contributed by atoms with Crippen LogP contribution in [-0.4, -0.2) is 17.6 Å². The summed E-state index contributed by atoms with van der Waals surface area (Å²) < 4.78 is 0. The Balaban J connectivity index is 2.07. The minimum Gasteiger partial charge on any atom is -0.314 e. The summed E-state index contributed by atoms with van der Waals surface area (Å²) in [6, 6.07) is 2.77. The molecule has 2 rings (SSSR count). The van der Waals surface area contributed by atoms with Crippen molar-refractivity contribution in [3.63, 3.8) is 0 Å². The zero-order valence-electron chi connectivity index (χ0n) is 9.71. The van der Waals surface area contributed by atoms with Crippen molar-refractivity contribution in [1.82, 2.24) is 10.3 Å². The van der Waals surface area contributed by atoms with Gasteiger partial charge in [-0.3, -0.25) is 4.98 Å². The van der Waals surface area contributed by atoms with Gasteiger partial charge in [-0.05, 0) is 49.9 Å². The van der Waals surface area contributed by atoms with Crippen LogP contribution >= 0.6 is 0 Å². The highest BCUT2D eigenvalue weighted by Crippen LogP contribution is 2.22. The highest BCUT2D eigenvalue weighted by molar-refractivity contribution is 5.31. The number of aromatic nitrogens is 1. The Morgan fingerprint density at radius 2 is 2.40 bits per heavy atom. The lowest BCUT2D eigenvalue weighted by Gasteiger charge is -2.25. The maximum atomic E-state index is 4.50. The molecule has 1 unspecified atom stereocenters. The fraction of sp³-hybridized carbons (Fsp3) is 0.615. The molecule has 2 nitrogen and oxygen atoms in total. The summed E-state index contributed by atoms with van der Waals surface area (Å²) in [6.07, 6.45) is 6.72. The molecule has 0 saturated carbocycles. The Hall–Kier alpha value is -0.890. The van der Waals surface area contributed by atoms with Crippen LogP contribution in [-0.2, 0) is 12.8 Å². The van der Waals surface area contributed by atoms with E-state index in [4.69, 9.17) is 0 Å². The van der Waals surface area contributed by atoms with Gasteiger partial charge in [0.05, 0.1) is 0 Å². The van der Waals surface area contributed by atoms with Gasteiger partial charge in [0.1, 0.15) is 0 Å². The third kappa shape index (κ3) is 2.37. The normalized spacial score (nSPS) is 20.0. The molecule has 0 fully saturated rings. The smallest absolute Gasteiger partial charge is 0.0453 e. The average molecular weight is 204 g/mol. The number of hydrogen-bond donors (Lipinski definition) is 1. The van der Waals surface area contributed by atoms with Crippen molar-refractivity contribution in [3.8, 4) is 0 Å². The van der Waals surface area contributed by atoms with Gasteiger partial charge in [-0.1, -0.05) is 6.92 Å². The summed E-state index contributed by atoms with van der Waals surface area (Å²) in [5.74, 6) is 0. The van der Waals surface area contributed by atoms with Crippen LogP contribution in [0.25, 0.3) is 0 Å². The highest BCUT2D eigenvalue weighted by Gasteiger charge is 2.19. The van der Waals surface area contributed by atoms with Crippen LogP contribution < -0.4 is 5.32 Å². The van der Waals surface area contributed by atoms with Crippen molar-refractivity contribution in [3.05, 3.63) is 29.1 Å². The van der Waals surface area contributed by atoms with E-state index in [2.05, 4.69) is 30.2 Å². The second-order valence-electron chi connectivity index (χ2n) is 4.45. The van der Waals surface area contributed by atoms with Crippen LogP contribution in [0.4, 0.5) is 0 Å². The molecule has 1 atom stereocenters. The molecule has 0 aliphatic heterocycles. The molecule has 1 aliphatic rings. The number of fused-ring (bicyclic) bond motifs is 1. The lowest BCUT2D eigenvalue weighted by atomic mass is 9.89. The van der Waals surface area contributed by atoms with Crippen molar-refractivity contribution in [2.75, 3.05) is 6.54 Å². The Morgan fingerprint density at radius 3 is 3.20 bits per heavy atom. The molecular formula is C13H20N2. The predicted molar refractivity (Wildman–Crippen MR) is 63.1 cm³/mol. The van der Waals surface area contributed by atoms with Gasteiger partial charge < -0.3 is 5.32 Å². The zero-order chi connectivity index (χ0) is 10.7. The maximum absolute atomic E-state index is 4.50. The number of nitrogens with zero attached hydrogens (tertiary/aromatic N) is 1. The molecule has 82 valence electrons. The van der Waals surface area contributed by atoms with Crippen LogP contribution in [0.2, 0.25) is 0 Å². The predicted octanol–water partition coefficient (Wildman–Crippen LogP) is 2.25. The molecule has 1 aromatic heterocycles. The standard InChI is InChI=1S/C13H20N2/c1-3-7-14-11-4-5-12-10(2)6-8-15-13(12)9-11/h6,8,11,14H,3-5,7,9H2,1-2H3. The van der Waals surface area contributed by atoms with Crippen molar-refractivity contribution < 1.29 is 0 Å². The van der Waals surface area contributed by atoms with Crippen molar-refractivity contribution in [2.45, 2.75) is 45.6 Å². The van der Waals surface area contributed by atoms with E-state index in [9.17, 15) is 0 Å². The van der Waals surface area contributed by atoms with Crippen LogP contribution in [0.3, 0.4) is 0 Å². The van der Waals surface area contributed by atoms with Crippen molar-refractivity contribution in [2.24, 2.45) is 0 Å². The molecular weight excluding hydrogens is 184 g/mol. The fourth-order valence-electron chi connectivity index (χ4n) is 2.34. The van der Waals surface area contributed by atoms with E-state index in [1.165, 1.54) is 36.1 Å². The zero-order valence-corrected chi connectivity index (χ0v) is 9.71. The maximum Gasteiger partial charge on any atom is 0.0453 e. The van der Waals surface area contributed by atoms with Crippen LogP contribution in [0.15, 0.2) is 12.3 Å². The first kappa shape index (κ1) is 10.6. The fourth-order valence-corrected chi connectivity index (χ4v) is 2.34. The van der Waals surface area contributed by atoms with E-state index in [1.807, 2.05) is 6.20 Å². The lowest BCUT2D eigenvalue weighted by Crippen LogP contribution is -2.35. The van der Waals surface area contributed by atoms with Crippen molar-refractivity contribution in [1.29, 1.82) is 0 Å². The molecule has 1 heterocycles. The van der Waals surface area contributed by atoms with E-state index >= 15 is 0 Å². The van der Waals surface area contributed by atoms with E-state index in [-0.39, 0.29) is 0 Å². The largest absolute Gasteiger partial charge is 0.314 e. The van der Waals surface area contributed by atoms with Crippen molar-refractivity contribution >= 4 is 0 Å². The van der Waals surface area contributed by atoms with Crippen LogP contribution in [0.5, 0.6) is 0 Å². The highest BCUT2D eigenvalue weighted by atomic mass is 14.9. The minimum atomic E-state index is 0.645. The molecule has 2 heteroatoms. The van der Waals surface area contributed by atoms with Gasteiger partial charge in [0, 0.05) is 24.4 Å². The number of rotatable bonds is 3. The summed E-state index contributed by atoms with van der Waals surface area (Å²) in [6.45, 7) is 5.54. The average Bonchev–Trinajstić information content (AvgIpc) is 2.26. The topological polar surface area (TPSA) is 24.9 Å². The Morgan fingerprint density at radius 1 is 1.53 bits per heavy atom. The number of nitrogens with one attached hydrogen (secondary N) is 1. The number of hydrogen-bond acceptors (Lipinski definition) is 2. The van der Waals surface area contributed by atoms with Gasteiger partial charge in [-0.15, -0.1) is 0 Å². The Kier molecular flexibility index (Phi) is 3.37. The first-order valence-corrected chi connectivity index (χ1v) is 5.98. The second kappa shape index (κ2) is 4.75. The Bertz CT molecular complexity index is 333. The SMILES string of the molecule is CCCNC1CCc2c(C)ccnc2C1. The first-order valence-electron chi connectivity index (χ1n) is 5.98. The molecule has 0 aromatic carbocycles. The quantitative estimate of drug-likeness (QED) is 0.817. The third-order valence-electron chi connectivity index (χ3n) is 3.24. The number of pyridine rings is 1. The number of aryl methyl sites for hydroxylation is 1. The van der Waals surface area contributed by atoms with Gasteiger partial charge in [0.2, 0.25) is 0 Å². The third-order valence-corrected chi connectivity index (χ3v) is 3.24. The van der Waals surface area contributed by atoms with Gasteiger partial charge in [0.15, 0.2) is 0 Å². The monoisotopic (exact) mass is 204 g/mol. The van der Waals surface area contributed by atoms with E-state index < -0.39 is 0 Å².